The van der Waals surface area contributed by atoms with Crippen LogP contribution in [0.1, 0.15) is 35.1 Å². The topological polar surface area (TPSA) is 77.6 Å². The van der Waals surface area contributed by atoms with E-state index in [1.807, 2.05) is 42.1 Å². The predicted octanol–water partition coefficient (Wildman–Crippen LogP) is 2.60. The molecule has 3 aromatic rings. The van der Waals surface area contributed by atoms with Gasteiger partial charge in [-0.25, -0.2) is 0 Å². The molecule has 26 heavy (non-hydrogen) atoms. The van der Waals surface area contributed by atoms with Crippen LogP contribution in [0.15, 0.2) is 36.7 Å². The van der Waals surface area contributed by atoms with E-state index in [0.29, 0.717) is 12.1 Å². The summed E-state index contributed by atoms with van der Waals surface area (Å²) in [6.07, 6.45) is 4.26. The van der Waals surface area contributed by atoms with Crippen LogP contribution in [0.3, 0.4) is 0 Å². The molecular formula is C19H24N6O. The van der Waals surface area contributed by atoms with Gasteiger partial charge in [0.15, 0.2) is 0 Å². The molecule has 7 heteroatoms. The molecule has 1 N–H and O–H groups in total. The van der Waals surface area contributed by atoms with Crippen molar-refractivity contribution in [2.24, 2.45) is 0 Å². The van der Waals surface area contributed by atoms with Gasteiger partial charge in [0.1, 0.15) is 0 Å². The quantitative estimate of drug-likeness (QED) is 0.663. The van der Waals surface area contributed by atoms with E-state index in [1.54, 1.807) is 10.9 Å². The van der Waals surface area contributed by atoms with Crippen molar-refractivity contribution in [3.63, 3.8) is 0 Å². The number of amides is 1. The zero-order valence-electron chi connectivity index (χ0n) is 15.4. The monoisotopic (exact) mass is 352 g/mol. The number of hydrogen-bond acceptors (Lipinski definition) is 4. The van der Waals surface area contributed by atoms with Crippen LogP contribution in [0.5, 0.6) is 0 Å². The summed E-state index contributed by atoms with van der Waals surface area (Å²) in [5, 5.41) is 15.2. The van der Waals surface area contributed by atoms with Gasteiger partial charge < -0.3 is 5.32 Å². The number of aryl methyl sites for hydroxylation is 3. The number of rotatable bonds is 7. The maximum absolute atomic E-state index is 12.5. The summed E-state index contributed by atoms with van der Waals surface area (Å²) in [6, 6.07) is 7.72. The van der Waals surface area contributed by atoms with Crippen molar-refractivity contribution in [2.75, 3.05) is 6.54 Å². The maximum Gasteiger partial charge on any atom is 0.251 e. The number of nitrogens with one attached hydrogen (secondary N) is 1. The Kier molecular flexibility index (Phi) is 5.46. The largest absolute Gasteiger partial charge is 0.352 e. The fraction of sp³-hybridized carbons (Fsp3) is 0.368. The molecule has 0 radical (unpaired) electrons. The molecule has 2 heterocycles. The molecule has 0 fully saturated rings. The number of carbonyl (C=O) groups is 1. The summed E-state index contributed by atoms with van der Waals surface area (Å²) in [6.45, 7) is 8.30. The van der Waals surface area contributed by atoms with Crippen LogP contribution in [-0.2, 0) is 13.1 Å². The van der Waals surface area contributed by atoms with Crippen molar-refractivity contribution in [3.05, 3.63) is 53.6 Å². The summed E-state index contributed by atoms with van der Waals surface area (Å²) in [5.74, 6) is -0.0661. The van der Waals surface area contributed by atoms with E-state index in [9.17, 15) is 4.79 Å². The summed E-state index contributed by atoms with van der Waals surface area (Å²) in [7, 11) is 0. The van der Waals surface area contributed by atoms with Crippen LogP contribution in [0.4, 0.5) is 0 Å². The zero-order chi connectivity index (χ0) is 18.5. The molecule has 1 aromatic carbocycles. The first kappa shape index (κ1) is 17.8. The summed E-state index contributed by atoms with van der Waals surface area (Å²) >= 11 is 0. The van der Waals surface area contributed by atoms with Gasteiger partial charge in [-0.15, -0.1) is 5.10 Å². The normalized spacial score (nSPS) is 10.9. The Balaban J connectivity index is 1.67. The average Bonchev–Trinajstić information content (AvgIpc) is 3.26. The molecule has 0 saturated carbocycles. The first-order valence-corrected chi connectivity index (χ1v) is 8.87. The van der Waals surface area contributed by atoms with Crippen molar-refractivity contribution >= 4 is 5.91 Å². The van der Waals surface area contributed by atoms with Crippen LogP contribution in [-0.4, -0.2) is 37.2 Å². The lowest BCUT2D eigenvalue weighted by Crippen LogP contribution is -2.25. The van der Waals surface area contributed by atoms with Crippen LogP contribution in [0.25, 0.3) is 11.1 Å². The molecule has 0 unspecified atom stereocenters. The Bertz CT molecular complexity index is 882. The van der Waals surface area contributed by atoms with Gasteiger partial charge in [-0.1, -0.05) is 17.3 Å². The fourth-order valence-electron chi connectivity index (χ4n) is 3.14. The lowest BCUT2D eigenvalue weighted by atomic mass is 10.0. The number of benzene rings is 1. The van der Waals surface area contributed by atoms with E-state index in [4.69, 9.17) is 0 Å². The number of hydrogen-bond donors (Lipinski definition) is 1. The Morgan fingerprint density at radius 2 is 2.12 bits per heavy atom. The minimum atomic E-state index is -0.0661. The highest BCUT2D eigenvalue weighted by molar-refractivity contribution is 5.95. The number of carbonyl (C=O) groups excluding carboxylic acids is 1. The molecule has 136 valence electrons. The Morgan fingerprint density at radius 3 is 2.81 bits per heavy atom. The Labute approximate surface area is 153 Å². The third-order valence-corrected chi connectivity index (χ3v) is 4.42. The van der Waals surface area contributed by atoms with E-state index in [0.717, 1.165) is 42.0 Å². The minimum Gasteiger partial charge on any atom is -0.352 e. The van der Waals surface area contributed by atoms with Gasteiger partial charge in [-0.3, -0.25) is 14.2 Å². The zero-order valence-corrected chi connectivity index (χ0v) is 15.4. The third-order valence-electron chi connectivity index (χ3n) is 4.42. The lowest BCUT2D eigenvalue weighted by Gasteiger charge is -2.08. The maximum atomic E-state index is 12.5. The van der Waals surface area contributed by atoms with Crippen LogP contribution < -0.4 is 5.32 Å². The van der Waals surface area contributed by atoms with Crippen molar-refractivity contribution in [2.45, 2.75) is 40.3 Å². The van der Waals surface area contributed by atoms with Crippen LogP contribution in [0.2, 0.25) is 0 Å². The van der Waals surface area contributed by atoms with Gasteiger partial charge in [0.05, 0.1) is 11.9 Å². The average molecular weight is 352 g/mol. The van der Waals surface area contributed by atoms with E-state index in [1.165, 1.54) is 0 Å². The highest BCUT2D eigenvalue weighted by Crippen LogP contribution is 2.27. The van der Waals surface area contributed by atoms with Gasteiger partial charge in [0.25, 0.3) is 5.91 Å². The Hall–Kier alpha value is -2.96. The summed E-state index contributed by atoms with van der Waals surface area (Å²) < 4.78 is 3.74. The smallest absolute Gasteiger partial charge is 0.251 e. The van der Waals surface area contributed by atoms with Crippen molar-refractivity contribution in [3.8, 4) is 11.1 Å². The predicted molar refractivity (Wildman–Crippen MR) is 99.8 cm³/mol. The summed E-state index contributed by atoms with van der Waals surface area (Å²) in [4.78, 5) is 12.5. The van der Waals surface area contributed by atoms with Gasteiger partial charge in [0.2, 0.25) is 0 Å². The number of nitrogens with zero attached hydrogens (tertiary/aromatic N) is 5. The molecule has 0 spiro atoms. The van der Waals surface area contributed by atoms with Gasteiger partial charge in [-0.05, 0) is 44.9 Å². The number of aromatic nitrogens is 5. The minimum absolute atomic E-state index is 0.0661. The SMILES string of the molecule is CCn1nc(C)c(-c2cccc(C(=O)NCCCn3ccnn3)c2)c1C. The summed E-state index contributed by atoms with van der Waals surface area (Å²) in [5.41, 5.74) is 4.89. The lowest BCUT2D eigenvalue weighted by molar-refractivity contribution is 0.0952. The molecule has 7 nitrogen and oxygen atoms in total. The second-order valence-electron chi connectivity index (χ2n) is 6.22. The van der Waals surface area contributed by atoms with Crippen molar-refractivity contribution in [1.82, 2.24) is 30.1 Å². The Morgan fingerprint density at radius 1 is 1.27 bits per heavy atom. The van der Waals surface area contributed by atoms with Crippen LogP contribution >= 0.6 is 0 Å². The molecule has 3 rings (SSSR count). The molecule has 0 aliphatic rings. The first-order chi connectivity index (χ1) is 12.6. The highest BCUT2D eigenvalue weighted by Gasteiger charge is 2.14. The van der Waals surface area contributed by atoms with E-state index in [2.05, 4.69) is 34.6 Å². The molecule has 2 aromatic heterocycles. The molecular weight excluding hydrogens is 328 g/mol. The van der Waals surface area contributed by atoms with Crippen molar-refractivity contribution < 1.29 is 4.79 Å². The molecule has 0 atom stereocenters. The molecule has 0 saturated heterocycles. The highest BCUT2D eigenvalue weighted by atomic mass is 16.1. The van der Waals surface area contributed by atoms with E-state index in [-0.39, 0.29) is 5.91 Å². The second kappa shape index (κ2) is 7.95. The molecule has 0 bridgehead atoms. The van der Waals surface area contributed by atoms with Gasteiger partial charge in [0, 0.05) is 42.7 Å². The van der Waals surface area contributed by atoms with E-state index < -0.39 is 0 Å². The van der Waals surface area contributed by atoms with Gasteiger partial charge >= 0.3 is 0 Å². The molecule has 0 aliphatic heterocycles. The molecule has 1 amide bonds. The second-order valence-corrected chi connectivity index (χ2v) is 6.22. The van der Waals surface area contributed by atoms with Gasteiger partial charge in [-0.2, -0.15) is 5.10 Å². The standard InChI is InChI=1S/C19H24N6O/c1-4-25-15(3)18(14(2)22-25)16-7-5-8-17(13-16)19(26)20-9-6-11-24-12-10-21-23-24/h5,7-8,10,12-13H,4,6,9,11H2,1-3H3,(H,20,26). The first-order valence-electron chi connectivity index (χ1n) is 8.87. The van der Waals surface area contributed by atoms with Crippen LogP contribution in [0, 0.1) is 13.8 Å². The third kappa shape index (κ3) is 3.82. The fourth-order valence-corrected chi connectivity index (χ4v) is 3.14. The van der Waals surface area contributed by atoms with Crippen molar-refractivity contribution in [1.29, 1.82) is 0 Å². The molecule has 0 aliphatic carbocycles. The van der Waals surface area contributed by atoms with E-state index >= 15 is 0 Å².